The highest BCUT2D eigenvalue weighted by molar-refractivity contribution is 5.93. The second kappa shape index (κ2) is 9.35. The van der Waals surface area contributed by atoms with Crippen molar-refractivity contribution in [3.63, 3.8) is 0 Å². The van der Waals surface area contributed by atoms with Gasteiger partial charge in [0.2, 0.25) is 5.91 Å². The van der Waals surface area contributed by atoms with E-state index in [9.17, 15) is 4.79 Å². The quantitative estimate of drug-likeness (QED) is 0.830. The molecule has 3 rings (SSSR count). The van der Waals surface area contributed by atoms with Crippen LogP contribution in [0.15, 0.2) is 54.6 Å². The van der Waals surface area contributed by atoms with Crippen LogP contribution in [0.4, 0.5) is 5.69 Å². The van der Waals surface area contributed by atoms with Crippen LogP contribution < -0.4 is 5.32 Å². The number of carbonyl (C=O) groups excluding carboxylic acids is 1. The van der Waals surface area contributed by atoms with E-state index in [4.69, 9.17) is 0 Å². The molecule has 1 aliphatic heterocycles. The van der Waals surface area contributed by atoms with E-state index in [1.807, 2.05) is 18.2 Å². The molecule has 28 heavy (non-hydrogen) atoms. The Labute approximate surface area is 169 Å². The van der Waals surface area contributed by atoms with Crippen LogP contribution in [0.3, 0.4) is 0 Å². The maximum Gasteiger partial charge on any atom is 0.238 e. The lowest BCUT2D eigenvalue weighted by atomic mass is 9.86. The van der Waals surface area contributed by atoms with Gasteiger partial charge in [-0.25, -0.2) is 0 Å². The van der Waals surface area contributed by atoms with Crippen molar-refractivity contribution in [3.8, 4) is 0 Å². The molecular formula is C24H33N3O. The molecule has 4 heteroatoms. The van der Waals surface area contributed by atoms with Crippen molar-refractivity contribution in [3.05, 3.63) is 65.7 Å². The maximum absolute atomic E-state index is 12.6. The lowest BCUT2D eigenvalue weighted by Gasteiger charge is -2.34. The molecule has 1 amide bonds. The molecule has 4 nitrogen and oxygen atoms in total. The van der Waals surface area contributed by atoms with Crippen molar-refractivity contribution in [1.82, 2.24) is 9.80 Å². The first-order valence-corrected chi connectivity index (χ1v) is 10.3. The highest BCUT2D eigenvalue weighted by Gasteiger charge is 2.21. The number of hydrogen-bond donors (Lipinski definition) is 1. The molecule has 2 aromatic rings. The van der Waals surface area contributed by atoms with Gasteiger partial charge in [-0.1, -0.05) is 69.3 Å². The topological polar surface area (TPSA) is 35.6 Å². The first kappa shape index (κ1) is 20.6. The summed E-state index contributed by atoms with van der Waals surface area (Å²) >= 11 is 0. The third kappa shape index (κ3) is 5.91. The van der Waals surface area contributed by atoms with Gasteiger partial charge in [-0.05, 0) is 29.0 Å². The molecular weight excluding hydrogens is 346 g/mol. The summed E-state index contributed by atoms with van der Waals surface area (Å²) < 4.78 is 0. The lowest BCUT2D eigenvalue weighted by molar-refractivity contribution is -0.117. The van der Waals surface area contributed by atoms with Crippen LogP contribution in [0.25, 0.3) is 0 Å². The van der Waals surface area contributed by atoms with Crippen LogP contribution >= 0.6 is 0 Å². The number of benzene rings is 2. The zero-order valence-corrected chi connectivity index (χ0v) is 17.4. The van der Waals surface area contributed by atoms with E-state index in [-0.39, 0.29) is 11.3 Å². The molecule has 1 N–H and O–H groups in total. The molecule has 0 aliphatic carbocycles. The number of para-hydroxylation sites is 1. The number of amides is 1. The van der Waals surface area contributed by atoms with Crippen LogP contribution in [0.5, 0.6) is 0 Å². The van der Waals surface area contributed by atoms with Gasteiger partial charge in [0, 0.05) is 38.4 Å². The van der Waals surface area contributed by atoms with Gasteiger partial charge >= 0.3 is 0 Å². The van der Waals surface area contributed by atoms with Crippen LogP contribution in [-0.4, -0.2) is 55.0 Å². The summed E-state index contributed by atoms with van der Waals surface area (Å²) in [4.78, 5) is 17.3. The van der Waals surface area contributed by atoms with Crippen LogP contribution in [0, 0.1) is 0 Å². The number of rotatable bonds is 6. The summed E-state index contributed by atoms with van der Waals surface area (Å²) in [6, 6.07) is 18.8. The molecule has 1 saturated heterocycles. The van der Waals surface area contributed by atoms with Gasteiger partial charge < -0.3 is 10.2 Å². The smallest absolute Gasteiger partial charge is 0.238 e. The van der Waals surface area contributed by atoms with E-state index < -0.39 is 0 Å². The van der Waals surface area contributed by atoms with Crippen LogP contribution in [0.1, 0.15) is 31.9 Å². The fraction of sp³-hybridized carbons (Fsp3) is 0.458. The van der Waals surface area contributed by atoms with Crippen molar-refractivity contribution >= 4 is 11.6 Å². The van der Waals surface area contributed by atoms with Gasteiger partial charge in [0.25, 0.3) is 0 Å². The molecule has 0 spiro atoms. The molecule has 0 radical (unpaired) electrons. The minimum Gasteiger partial charge on any atom is -0.325 e. The molecule has 150 valence electrons. The molecule has 0 atom stereocenters. The molecule has 0 unspecified atom stereocenters. The summed E-state index contributed by atoms with van der Waals surface area (Å²) in [5, 5.41) is 3.13. The normalized spacial score (nSPS) is 16.1. The number of anilines is 1. The standard InChI is InChI=1S/C24H33N3O/c1-24(2,3)21-11-7-8-12-22(21)25-23(28)19-27-17-15-26(16-18-27)14-13-20-9-5-4-6-10-20/h4-12H,13-19H2,1-3H3,(H,25,28). The Morgan fingerprint density at radius 3 is 2.18 bits per heavy atom. The van der Waals surface area contributed by atoms with Crippen molar-refractivity contribution in [2.24, 2.45) is 0 Å². The Hall–Kier alpha value is -2.17. The highest BCUT2D eigenvalue weighted by atomic mass is 16.2. The van der Waals surface area contributed by atoms with E-state index in [0.717, 1.165) is 44.8 Å². The van der Waals surface area contributed by atoms with Gasteiger partial charge in [-0.15, -0.1) is 0 Å². The second-order valence-corrected chi connectivity index (χ2v) is 8.70. The minimum absolute atomic E-state index is 0.00819. The number of hydrogen-bond acceptors (Lipinski definition) is 3. The fourth-order valence-electron chi connectivity index (χ4n) is 3.74. The summed E-state index contributed by atoms with van der Waals surface area (Å²) in [6.07, 6.45) is 1.09. The van der Waals surface area contributed by atoms with E-state index in [0.29, 0.717) is 6.54 Å². The van der Waals surface area contributed by atoms with E-state index in [2.05, 4.69) is 72.3 Å². The lowest BCUT2D eigenvalue weighted by Crippen LogP contribution is -2.49. The van der Waals surface area contributed by atoms with E-state index >= 15 is 0 Å². The first-order valence-electron chi connectivity index (χ1n) is 10.3. The van der Waals surface area contributed by atoms with Gasteiger partial charge in [-0.2, -0.15) is 0 Å². The zero-order valence-electron chi connectivity index (χ0n) is 17.4. The van der Waals surface area contributed by atoms with Gasteiger partial charge in [-0.3, -0.25) is 9.69 Å². The third-order valence-electron chi connectivity index (χ3n) is 5.40. The van der Waals surface area contributed by atoms with Crippen molar-refractivity contribution in [2.45, 2.75) is 32.6 Å². The molecule has 1 aliphatic rings. The predicted molar refractivity (Wildman–Crippen MR) is 117 cm³/mol. The van der Waals surface area contributed by atoms with Gasteiger partial charge in [0.1, 0.15) is 0 Å². The zero-order chi connectivity index (χ0) is 20.0. The Morgan fingerprint density at radius 2 is 1.50 bits per heavy atom. The molecule has 0 aromatic heterocycles. The van der Waals surface area contributed by atoms with Crippen molar-refractivity contribution in [1.29, 1.82) is 0 Å². The fourth-order valence-corrected chi connectivity index (χ4v) is 3.74. The second-order valence-electron chi connectivity index (χ2n) is 8.70. The summed E-state index contributed by atoms with van der Waals surface area (Å²) in [6.45, 7) is 12.0. The molecule has 2 aromatic carbocycles. The largest absolute Gasteiger partial charge is 0.325 e. The van der Waals surface area contributed by atoms with E-state index in [1.165, 1.54) is 11.1 Å². The maximum atomic E-state index is 12.6. The average Bonchev–Trinajstić information content (AvgIpc) is 2.68. The Balaban J connectivity index is 1.44. The minimum atomic E-state index is 0.00819. The van der Waals surface area contributed by atoms with E-state index in [1.54, 1.807) is 0 Å². The molecule has 1 fully saturated rings. The monoisotopic (exact) mass is 379 g/mol. The Morgan fingerprint density at radius 1 is 0.893 bits per heavy atom. The molecule has 0 saturated carbocycles. The van der Waals surface area contributed by atoms with Crippen LogP contribution in [0.2, 0.25) is 0 Å². The Bertz CT molecular complexity index is 759. The summed E-state index contributed by atoms with van der Waals surface area (Å²) in [5.74, 6) is 0.0782. The summed E-state index contributed by atoms with van der Waals surface area (Å²) in [5.41, 5.74) is 3.51. The van der Waals surface area contributed by atoms with Gasteiger partial charge in [0.05, 0.1) is 6.54 Å². The number of piperazine rings is 1. The number of nitrogens with one attached hydrogen (secondary N) is 1. The van der Waals surface area contributed by atoms with Gasteiger partial charge in [0.15, 0.2) is 0 Å². The number of nitrogens with zero attached hydrogens (tertiary/aromatic N) is 2. The molecule has 0 bridgehead atoms. The molecule has 1 heterocycles. The third-order valence-corrected chi connectivity index (χ3v) is 5.40. The Kier molecular flexibility index (Phi) is 6.87. The highest BCUT2D eigenvalue weighted by Crippen LogP contribution is 2.29. The van der Waals surface area contributed by atoms with Crippen molar-refractivity contribution < 1.29 is 4.79 Å². The number of carbonyl (C=O) groups is 1. The first-order chi connectivity index (χ1) is 13.4. The summed E-state index contributed by atoms with van der Waals surface area (Å²) in [7, 11) is 0. The predicted octanol–water partition coefficient (Wildman–Crippen LogP) is 3.78. The van der Waals surface area contributed by atoms with Crippen LogP contribution in [-0.2, 0) is 16.6 Å². The average molecular weight is 380 g/mol. The van der Waals surface area contributed by atoms with Crippen molar-refractivity contribution in [2.75, 3.05) is 44.6 Å². The SMILES string of the molecule is CC(C)(C)c1ccccc1NC(=O)CN1CCN(CCc2ccccc2)CC1.